The number of ether oxygens (including phenoxy) is 1. The number of carboxylic acid groups (broad SMARTS) is 1. The molecule has 0 spiro atoms. The SMILES string of the molecule is CCCCOC(=O)[C@H](CCc1ccccc1)NCCC(=O)N1C(=O)N(C)C[C@H]1C(=O)O. The second-order valence-electron chi connectivity index (χ2n) is 7.58. The number of carbonyl (C=O) groups is 4. The third-order valence-corrected chi connectivity index (χ3v) is 5.17. The zero-order chi connectivity index (χ0) is 22.8. The normalized spacial score (nSPS) is 17.0. The molecule has 1 fully saturated rings. The lowest BCUT2D eigenvalue weighted by molar-refractivity contribution is -0.146. The number of carboxylic acids is 1. The lowest BCUT2D eigenvalue weighted by Crippen LogP contribution is -2.46. The molecule has 3 amide bonds. The number of nitrogens with zero attached hydrogens (tertiary/aromatic N) is 2. The Morgan fingerprint density at radius 1 is 1.26 bits per heavy atom. The molecule has 1 saturated heterocycles. The number of aryl methyl sites for hydroxylation is 1. The van der Waals surface area contributed by atoms with E-state index in [-0.39, 0.29) is 25.5 Å². The van der Waals surface area contributed by atoms with E-state index in [1.807, 2.05) is 37.3 Å². The van der Waals surface area contributed by atoms with Crippen LogP contribution >= 0.6 is 0 Å². The van der Waals surface area contributed by atoms with Crippen molar-refractivity contribution in [1.29, 1.82) is 0 Å². The molecule has 9 nitrogen and oxygen atoms in total. The topological polar surface area (TPSA) is 116 Å². The monoisotopic (exact) mass is 433 g/mol. The zero-order valence-corrected chi connectivity index (χ0v) is 18.1. The number of rotatable bonds is 12. The van der Waals surface area contributed by atoms with Crippen LogP contribution in [-0.2, 0) is 25.5 Å². The molecule has 1 aromatic carbocycles. The molecular weight excluding hydrogens is 402 g/mol. The van der Waals surface area contributed by atoms with Gasteiger partial charge in [-0.15, -0.1) is 0 Å². The summed E-state index contributed by atoms with van der Waals surface area (Å²) < 4.78 is 5.33. The van der Waals surface area contributed by atoms with Gasteiger partial charge in [-0.1, -0.05) is 43.7 Å². The van der Waals surface area contributed by atoms with Crippen molar-refractivity contribution in [3.05, 3.63) is 35.9 Å². The summed E-state index contributed by atoms with van der Waals surface area (Å²) >= 11 is 0. The minimum atomic E-state index is -1.22. The number of amides is 3. The van der Waals surface area contributed by atoms with Crippen LogP contribution in [0.1, 0.15) is 38.2 Å². The van der Waals surface area contributed by atoms with Crippen LogP contribution in [0, 0.1) is 0 Å². The van der Waals surface area contributed by atoms with Gasteiger partial charge in [-0.3, -0.25) is 9.59 Å². The lowest BCUT2D eigenvalue weighted by Gasteiger charge is -2.20. The fraction of sp³-hybridized carbons (Fsp3) is 0.545. The van der Waals surface area contributed by atoms with Crippen molar-refractivity contribution in [3.8, 4) is 0 Å². The molecular formula is C22H31N3O6. The van der Waals surface area contributed by atoms with Crippen molar-refractivity contribution in [2.24, 2.45) is 0 Å². The second-order valence-corrected chi connectivity index (χ2v) is 7.58. The first-order valence-corrected chi connectivity index (χ1v) is 10.6. The molecule has 0 radical (unpaired) electrons. The Balaban J connectivity index is 1.93. The average molecular weight is 434 g/mol. The van der Waals surface area contributed by atoms with Crippen molar-refractivity contribution in [3.63, 3.8) is 0 Å². The highest BCUT2D eigenvalue weighted by Gasteiger charge is 2.43. The summed E-state index contributed by atoms with van der Waals surface area (Å²) in [7, 11) is 1.45. The maximum Gasteiger partial charge on any atom is 0.328 e. The van der Waals surface area contributed by atoms with Gasteiger partial charge in [0.25, 0.3) is 0 Å². The highest BCUT2D eigenvalue weighted by atomic mass is 16.5. The van der Waals surface area contributed by atoms with Gasteiger partial charge in [0.05, 0.1) is 13.2 Å². The Labute approximate surface area is 182 Å². The number of esters is 1. The van der Waals surface area contributed by atoms with E-state index in [4.69, 9.17) is 4.74 Å². The van der Waals surface area contributed by atoms with Crippen LogP contribution in [0.4, 0.5) is 4.79 Å². The molecule has 2 atom stereocenters. The minimum Gasteiger partial charge on any atom is -0.480 e. The van der Waals surface area contributed by atoms with Crippen LogP contribution in [0.15, 0.2) is 30.3 Å². The van der Waals surface area contributed by atoms with E-state index in [2.05, 4.69) is 5.32 Å². The Morgan fingerprint density at radius 3 is 2.61 bits per heavy atom. The predicted octanol–water partition coefficient (Wildman–Crippen LogP) is 1.66. The van der Waals surface area contributed by atoms with Gasteiger partial charge in [0, 0.05) is 20.0 Å². The molecule has 9 heteroatoms. The molecule has 1 aromatic rings. The van der Waals surface area contributed by atoms with Gasteiger partial charge < -0.3 is 20.1 Å². The van der Waals surface area contributed by atoms with Crippen LogP contribution in [0.2, 0.25) is 0 Å². The smallest absolute Gasteiger partial charge is 0.328 e. The maximum absolute atomic E-state index is 12.5. The van der Waals surface area contributed by atoms with Crippen molar-refractivity contribution >= 4 is 23.9 Å². The van der Waals surface area contributed by atoms with Gasteiger partial charge >= 0.3 is 18.0 Å². The van der Waals surface area contributed by atoms with Gasteiger partial charge in [0.15, 0.2) is 6.04 Å². The summed E-state index contributed by atoms with van der Waals surface area (Å²) in [5, 5.41) is 12.3. The first-order valence-electron chi connectivity index (χ1n) is 10.6. The van der Waals surface area contributed by atoms with Crippen LogP contribution in [0.3, 0.4) is 0 Å². The summed E-state index contributed by atoms with van der Waals surface area (Å²) in [6, 6.07) is 7.31. The first-order chi connectivity index (χ1) is 14.8. The molecule has 1 aliphatic rings. The molecule has 0 saturated carbocycles. The Hall–Kier alpha value is -2.94. The minimum absolute atomic E-state index is 0.0449. The number of imide groups is 1. The average Bonchev–Trinajstić information content (AvgIpc) is 3.06. The van der Waals surface area contributed by atoms with Crippen LogP contribution < -0.4 is 5.32 Å². The van der Waals surface area contributed by atoms with Gasteiger partial charge in [0.2, 0.25) is 5.91 Å². The third kappa shape index (κ3) is 7.06. The summed E-state index contributed by atoms with van der Waals surface area (Å²) in [6.07, 6.45) is 2.73. The standard InChI is InChI=1S/C22H31N3O6/c1-3-4-14-31-21(29)17(11-10-16-8-6-5-7-9-16)23-13-12-19(26)25-18(20(27)28)15-24(2)22(25)30/h5-9,17-18,23H,3-4,10-15H2,1-2H3,(H,27,28)/t17-,18-/m0/s1. The summed E-state index contributed by atoms with van der Waals surface area (Å²) in [6.45, 7) is 2.43. The van der Waals surface area contributed by atoms with Crippen molar-refractivity contribution in [1.82, 2.24) is 15.1 Å². The van der Waals surface area contributed by atoms with E-state index in [0.29, 0.717) is 19.4 Å². The fourth-order valence-electron chi connectivity index (χ4n) is 3.36. The van der Waals surface area contributed by atoms with E-state index in [9.17, 15) is 24.3 Å². The number of unbranched alkanes of at least 4 members (excludes halogenated alkanes) is 1. The van der Waals surface area contributed by atoms with Crippen molar-refractivity contribution < 1.29 is 29.0 Å². The molecule has 0 bridgehead atoms. The number of benzene rings is 1. The van der Waals surface area contributed by atoms with Gasteiger partial charge in [-0.25, -0.2) is 14.5 Å². The van der Waals surface area contributed by atoms with Crippen LogP contribution in [0.25, 0.3) is 0 Å². The van der Waals surface area contributed by atoms with Crippen LogP contribution in [0.5, 0.6) is 0 Å². The number of aliphatic carboxylic acids is 1. The van der Waals surface area contributed by atoms with Crippen molar-refractivity contribution in [2.75, 3.05) is 26.7 Å². The molecule has 2 rings (SSSR count). The highest BCUT2D eigenvalue weighted by Crippen LogP contribution is 2.16. The molecule has 0 unspecified atom stereocenters. The Kier molecular flexibility index (Phi) is 9.45. The molecule has 170 valence electrons. The third-order valence-electron chi connectivity index (χ3n) is 5.17. The molecule has 1 heterocycles. The summed E-state index contributed by atoms with van der Waals surface area (Å²) in [5.74, 6) is -2.19. The fourth-order valence-corrected chi connectivity index (χ4v) is 3.36. The van der Waals surface area contributed by atoms with Crippen molar-refractivity contribution in [2.45, 2.75) is 51.1 Å². The predicted molar refractivity (Wildman–Crippen MR) is 113 cm³/mol. The number of likely N-dealkylation sites (N-methyl/N-ethyl adjacent to an activating group) is 1. The number of hydrogen-bond acceptors (Lipinski definition) is 6. The number of urea groups is 1. The van der Waals surface area contributed by atoms with Gasteiger partial charge in [-0.2, -0.15) is 0 Å². The number of carbonyl (C=O) groups excluding carboxylic acids is 3. The Morgan fingerprint density at radius 2 is 1.97 bits per heavy atom. The largest absolute Gasteiger partial charge is 0.480 e. The molecule has 0 aromatic heterocycles. The molecule has 0 aliphatic carbocycles. The van der Waals surface area contributed by atoms with E-state index < -0.39 is 30.0 Å². The second kappa shape index (κ2) is 12.0. The summed E-state index contributed by atoms with van der Waals surface area (Å²) in [5.41, 5.74) is 1.08. The van der Waals surface area contributed by atoms with E-state index in [0.717, 1.165) is 23.3 Å². The lowest BCUT2D eigenvalue weighted by atomic mass is 10.1. The van der Waals surface area contributed by atoms with E-state index in [1.165, 1.54) is 11.9 Å². The van der Waals surface area contributed by atoms with Crippen LogP contribution in [-0.4, -0.2) is 77.6 Å². The summed E-state index contributed by atoms with van der Waals surface area (Å²) in [4.78, 5) is 50.5. The molecule has 2 N–H and O–H groups in total. The maximum atomic E-state index is 12.5. The Bertz CT molecular complexity index is 770. The van der Waals surface area contributed by atoms with Gasteiger partial charge in [0.1, 0.15) is 6.04 Å². The molecule has 31 heavy (non-hydrogen) atoms. The molecule has 1 aliphatic heterocycles. The van der Waals surface area contributed by atoms with E-state index >= 15 is 0 Å². The zero-order valence-electron chi connectivity index (χ0n) is 18.1. The quantitative estimate of drug-likeness (QED) is 0.380. The number of hydrogen-bond donors (Lipinski definition) is 2. The number of nitrogens with one attached hydrogen (secondary N) is 1. The van der Waals surface area contributed by atoms with E-state index in [1.54, 1.807) is 0 Å². The first kappa shape index (κ1) is 24.3. The van der Waals surface area contributed by atoms with Gasteiger partial charge in [-0.05, 0) is 24.8 Å². The highest BCUT2D eigenvalue weighted by molar-refractivity contribution is 6.00.